The first-order valence-corrected chi connectivity index (χ1v) is 7.32. The summed E-state index contributed by atoms with van der Waals surface area (Å²) in [5.74, 6) is -1.99. The molecule has 4 N–H and O–H groups in total. The van der Waals surface area contributed by atoms with Gasteiger partial charge in [0.1, 0.15) is 0 Å². The van der Waals surface area contributed by atoms with Crippen LogP contribution < -0.4 is 11.1 Å². The van der Waals surface area contributed by atoms with Crippen molar-refractivity contribution in [2.75, 3.05) is 5.32 Å². The Kier molecular flexibility index (Phi) is 4.80. The number of aliphatic carboxylic acids is 1. The number of hydrogen-bond donors (Lipinski definition) is 3. The van der Waals surface area contributed by atoms with Gasteiger partial charge in [0.15, 0.2) is 0 Å². The topological polar surface area (TPSA) is 109 Å². The maximum atomic E-state index is 12.3. The Morgan fingerprint density at radius 3 is 2.27 bits per heavy atom. The van der Waals surface area contributed by atoms with Gasteiger partial charge >= 0.3 is 5.97 Å². The molecule has 22 heavy (non-hydrogen) atoms. The van der Waals surface area contributed by atoms with Crippen LogP contribution in [0.15, 0.2) is 18.2 Å². The first-order chi connectivity index (χ1) is 10.4. The molecule has 1 aliphatic rings. The molecule has 0 radical (unpaired) electrons. The van der Waals surface area contributed by atoms with Gasteiger partial charge in [-0.1, -0.05) is 6.07 Å². The lowest BCUT2D eigenvalue weighted by Crippen LogP contribution is -2.29. The highest BCUT2D eigenvalue weighted by Crippen LogP contribution is 2.30. The zero-order chi connectivity index (χ0) is 16.3. The number of primary amides is 1. The van der Waals surface area contributed by atoms with Crippen molar-refractivity contribution in [2.24, 2.45) is 17.6 Å². The highest BCUT2D eigenvalue weighted by Gasteiger charge is 2.29. The van der Waals surface area contributed by atoms with Crippen molar-refractivity contribution < 1.29 is 19.5 Å². The first-order valence-electron chi connectivity index (χ1n) is 7.32. The third kappa shape index (κ3) is 3.63. The van der Waals surface area contributed by atoms with Crippen molar-refractivity contribution in [3.8, 4) is 0 Å². The lowest BCUT2D eigenvalue weighted by molar-refractivity contribution is -0.143. The predicted octanol–water partition coefficient (Wildman–Crippen LogP) is 1.92. The molecule has 1 aromatic carbocycles. The van der Waals surface area contributed by atoms with Gasteiger partial charge in [0.25, 0.3) is 0 Å². The number of nitrogens with one attached hydrogen (secondary N) is 1. The predicted molar refractivity (Wildman–Crippen MR) is 81.4 cm³/mol. The number of hydrogen-bond acceptors (Lipinski definition) is 3. The number of nitrogens with two attached hydrogens (primary N) is 1. The highest BCUT2D eigenvalue weighted by molar-refractivity contribution is 5.97. The van der Waals surface area contributed by atoms with Crippen molar-refractivity contribution in [2.45, 2.75) is 32.6 Å². The summed E-state index contributed by atoms with van der Waals surface area (Å²) in [7, 11) is 0. The second-order valence-electron chi connectivity index (χ2n) is 5.77. The van der Waals surface area contributed by atoms with Crippen LogP contribution in [0.4, 0.5) is 5.69 Å². The molecule has 0 atom stereocenters. The number of anilines is 1. The quantitative estimate of drug-likeness (QED) is 0.789. The van der Waals surface area contributed by atoms with Gasteiger partial charge in [-0.2, -0.15) is 0 Å². The molecule has 2 rings (SSSR count). The Hall–Kier alpha value is -2.37. The summed E-state index contributed by atoms with van der Waals surface area (Å²) < 4.78 is 0. The van der Waals surface area contributed by atoms with E-state index in [1.807, 2.05) is 6.92 Å². The van der Waals surface area contributed by atoms with Crippen LogP contribution in [0, 0.1) is 18.8 Å². The zero-order valence-electron chi connectivity index (χ0n) is 12.5. The van der Waals surface area contributed by atoms with E-state index in [-0.39, 0.29) is 17.7 Å². The van der Waals surface area contributed by atoms with Crippen molar-refractivity contribution >= 4 is 23.5 Å². The summed E-state index contributed by atoms with van der Waals surface area (Å²) in [5.41, 5.74) is 7.00. The molecular weight excluding hydrogens is 284 g/mol. The Morgan fingerprint density at radius 2 is 1.73 bits per heavy atom. The smallest absolute Gasteiger partial charge is 0.306 e. The Bertz CT molecular complexity index is 604. The highest BCUT2D eigenvalue weighted by atomic mass is 16.4. The standard InChI is InChI=1S/C16H20N2O4/c1-9-2-3-12(14(17)19)8-13(9)18-15(20)10-4-6-11(7-5-10)16(21)22/h2-3,8,10-11H,4-7H2,1H3,(H2,17,19)(H,18,20)(H,21,22). The molecule has 6 nitrogen and oxygen atoms in total. The lowest BCUT2D eigenvalue weighted by atomic mass is 9.81. The third-order valence-electron chi connectivity index (χ3n) is 4.23. The van der Waals surface area contributed by atoms with Crippen LogP contribution >= 0.6 is 0 Å². The van der Waals surface area contributed by atoms with Crippen molar-refractivity contribution in [1.82, 2.24) is 0 Å². The van der Waals surface area contributed by atoms with Crippen LogP contribution in [-0.4, -0.2) is 22.9 Å². The fraction of sp³-hybridized carbons (Fsp3) is 0.438. The minimum absolute atomic E-state index is 0.131. The molecule has 6 heteroatoms. The molecule has 0 aliphatic heterocycles. The average Bonchev–Trinajstić information content (AvgIpc) is 2.49. The Labute approximate surface area is 128 Å². The summed E-state index contributed by atoms with van der Waals surface area (Å²) in [6, 6.07) is 4.92. The number of carbonyl (C=O) groups is 3. The maximum absolute atomic E-state index is 12.3. The van der Waals surface area contributed by atoms with Crippen molar-refractivity contribution in [3.63, 3.8) is 0 Å². The van der Waals surface area contributed by atoms with Gasteiger partial charge < -0.3 is 16.2 Å². The molecule has 0 bridgehead atoms. The minimum atomic E-state index is -0.788. The average molecular weight is 304 g/mol. The summed E-state index contributed by atoms with van der Waals surface area (Å²) in [6.07, 6.45) is 2.18. The van der Waals surface area contributed by atoms with E-state index >= 15 is 0 Å². The van der Waals surface area contributed by atoms with Gasteiger partial charge in [-0.25, -0.2) is 0 Å². The van der Waals surface area contributed by atoms with Gasteiger partial charge in [0.05, 0.1) is 5.92 Å². The summed E-state index contributed by atoms with van der Waals surface area (Å²) in [5, 5.41) is 11.8. The molecule has 0 aromatic heterocycles. The van der Waals surface area contributed by atoms with E-state index < -0.39 is 11.9 Å². The molecule has 1 fully saturated rings. The van der Waals surface area contributed by atoms with E-state index in [1.54, 1.807) is 18.2 Å². The van der Waals surface area contributed by atoms with E-state index in [9.17, 15) is 14.4 Å². The van der Waals surface area contributed by atoms with Crippen LogP contribution in [0.5, 0.6) is 0 Å². The number of carbonyl (C=O) groups excluding carboxylic acids is 2. The fourth-order valence-electron chi connectivity index (χ4n) is 2.75. The number of carboxylic acid groups (broad SMARTS) is 1. The molecule has 1 aromatic rings. The van der Waals surface area contributed by atoms with E-state index in [0.717, 1.165) is 5.56 Å². The van der Waals surface area contributed by atoms with Gasteiger partial charge in [0, 0.05) is 17.2 Å². The van der Waals surface area contributed by atoms with Crippen molar-refractivity contribution in [1.29, 1.82) is 0 Å². The normalized spacial score (nSPS) is 21.1. The minimum Gasteiger partial charge on any atom is -0.481 e. The van der Waals surface area contributed by atoms with Crippen LogP contribution in [0.25, 0.3) is 0 Å². The van der Waals surface area contributed by atoms with Crippen LogP contribution in [0.3, 0.4) is 0 Å². The molecule has 0 saturated heterocycles. The van der Waals surface area contributed by atoms with Gasteiger partial charge in [-0.3, -0.25) is 14.4 Å². The maximum Gasteiger partial charge on any atom is 0.306 e. The zero-order valence-corrected chi connectivity index (χ0v) is 12.5. The van der Waals surface area contributed by atoms with Crippen LogP contribution in [-0.2, 0) is 9.59 Å². The van der Waals surface area contributed by atoms with Crippen molar-refractivity contribution in [3.05, 3.63) is 29.3 Å². The van der Waals surface area contributed by atoms with E-state index in [2.05, 4.69) is 5.32 Å². The number of carboxylic acids is 1. The second kappa shape index (κ2) is 6.60. The van der Waals surface area contributed by atoms with E-state index in [1.165, 1.54) is 0 Å². The fourth-order valence-corrected chi connectivity index (χ4v) is 2.75. The number of aryl methyl sites for hydroxylation is 1. The van der Waals surface area contributed by atoms with E-state index in [4.69, 9.17) is 10.8 Å². The van der Waals surface area contributed by atoms with Crippen LogP contribution in [0.2, 0.25) is 0 Å². The third-order valence-corrected chi connectivity index (χ3v) is 4.23. The first kappa shape index (κ1) is 16.0. The Morgan fingerprint density at radius 1 is 1.14 bits per heavy atom. The molecule has 118 valence electrons. The second-order valence-corrected chi connectivity index (χ2v) is 5.77. The summed E-state index contributed by atoms with van der Waals surface area (Å²) in [4.78, 5) is 34.4. The molecule has 2 amide bonds. The van der Waals surface area contributed by atoms with Crippen LogP contribution in [0.1, 0.15) is 41.6 Å². The number of rotatable bonds is 4. The monoisotopic (exact) mass is 304 g/mol. The van der Waals surface area contributed by atoms with Gasteiger partial charge in [-0.05, 0) is 50.3 Å². The van der Waals surface area contributed by atoms with E-state index in [0.29, 0.717) is 36.9 Å². The molecule has 0 unspecified atom stereocenters. The van der Waals surface area contributed by atoms with Gasteiger partial charge in [0.2, 0.25) is 11.8 Å². The SMILES string of the molecule is Cc1ccc(C(N)=O)cc1NC(=O)C1CCC(C(=O)O)CC1. The molecule has 0 heterocycles. The molecule has 1 saturated carbocycles. The largest absolute Gasteiger partial charge is 0.481 e. The molecule has 0 spiro atoms. The Balaban J connectivity index is 2.02. The summed E-state index contributed by atoms with van der Waals surface area (Å²) >= 11 is 0. The summed E-state index contributed by atoms with van der Waals surface area (Å²) in [6.45, 7) is 1.84. The molecule has 1 aliphatic carbocycles. The molecular formula is C16H20N2O4. The van der Waals surface area contributed by atoms with Gasteiger partial charge in [-0.15, -0.1) is 0 Å². The lowest BCUT2D eigenvalue weighted by Gasteiger charge is -2.25. The number of amides is 2. The number of benzene rings is 1.